The quantitative estimate of drug-likeness (QED) is 0.540. The summed E-state index contributed by atoms with van der Waals surface area (Å²) in [7, 11) is -3.66. The molecule has 8 nitrogen and oxygen atoms in total. The highest BCUT2D eigenvalue weighted by molar-refractivity contribution is 7.89. The highest BCUT2D eigenvalue weighted by Crippen LogP contribution is 2.31. The van der Waals surface area contributed by atoms with Crippen LogP contribution in [0.25, 0.3) is 10.2 Å². The second kappa shape index (κ2) is 9.29. The Morgan fingerprint density at radius 2 is 1.90 bits per heavy atom. The van der Waals surface area contributed by atoms with Gasteiger partial charge in [0.2, 0.25) is 15.9 Å². The molecule has 10 heteroatoms. The summed E-state index contributed by atoms with van der Waals surface area (Å²) in [5.74, 6) is -0.145. The minimum absolute atomic E-state index is 0.170. The maximum Gasteiger partial charge on any atom is 0.262 e. The Morgan fingerprint density at radius 1 is 1.19 bits per heavy atom. The lowest BCUT2D eigenvalue weighted by atomic mass is 10.2. The summed E-state index contributed by atoms with van der Waals surface area (Å²) in [6.45, 7) is 9.61. The molecule has 0 aliphatic rings. The number of amides is 1. The molecule has 166 valence electrons. The van der Waals surface area contributed by atoms with Crippen LogP contribution in [0.5, 0.6) is 5.88 Å². The molecular formula is C21H26N4O4S2. The molecule has 0 saturated heterocycles. The smallest absolute Gasteiger partial charge is 0.262 e. The Hall–Kier alpha value is -2.56. The fraction of sp³-hybridized carbons (Fsp3) is 0.381. The lowest BCUT2D eigenvalue weighted by Gasteiger charge is -2.29. The number of hydrogen-bond acceptors (Lipinski definition) is 7. The van der Waals surface area contributed by atoms with Crippen molar-refractivity contribution in [1.29, 1.82) is 0 Å². The van der Waals surface area contributed by atoms with Crippen LogP contribution in [-0.2, 0) is 10.0 Å². The SMILES string of the molecule is CCOc1ncccc1C(=O)Nc1nc2ccc(S(=O)(=O)N(C(C)C)C(C)C)cc2s1. The summed E-state index contributed by atoms with van der Waals surface area (Å²) >= 11 is 1.21. The molecule has 1 aromatic carbocycles. The number of fused-ring (bicyclic) bond motifs is 1. The average Bonchev–Trinajstić information content (AvgIpc) is 3.09. The van der Waals surface area contributed by atoms with Gasteiger partial charge in [0.25, 0.3) is 5.91 Å². The molecular weight excluding hydrogens is 436 g/mol. The molecule has 0 atom stereocenters. The largest absolute Gasteiger partial charge is 0.477 e. The first-order chi connectivity index (χ1) is 14.6. The molecule has 2 heterocycles. The van der Waals surface area contributed by atoms with Gasteiger partial charge >= 0.3 is 0 Å². The van der Waals surface area contributed by atoms with E-state index in [4.69, 9.17) is 4.74 Å². The van der Waals surface area contributed by atoms with Crippen LogP contribution in [0, 0.1) is 0 Å². The van der Waals surface area contributed by atoms with Crippen LogP contribution in [-0.4, -0.2) is 47.3 Å². The number of sulfonamides is 1. The molecule has 0 saturated carbocycles. The van der Waals surface area contributed by atoms with Gasteiger partial charge in [-0.2, -0.15) is 4.31 Å². The zero-order valence-electron chi connectivity index (χ0n) is 18.1. The van der Waals surface area contributed by atoms with Gasteiger partial charge in [-0.05, 0) is 65.0 Å². The summed E-state index contributed by atoms with van der Waals surface area (Å²) in [6.07, 6.45) is 1.55. The van der Waals surface area contributed by atoms with E-state index in [2.05, 4.69) is 15.3 Å². The number of anilines is 1. The molecule has 31 heavy (non-hydrogen) atoms. The van der Waals surface area contributed by atoms with Crippen molar-refractivity contribution >= 4 is 42.6 Å². The van der Waals surface area contributed by atoms with Crippen molar-refractivity contribution in [2.75, 3.05) is 11.9 Å². The van der Waals surface area contributed by atoms with Gasteiger partial charge in [-0.25, -0.2) is 18.4 Å². The molecule has 0 aliphatic heterocycles. The van der Waals surface area contributed by atoms with Crippen molar-refractivity contribution in [3.05, 3.63) is 42.1 Å². The molecule has 3 aromatic rings. The van der Waals surface area contributed by atoms with Gasteiger partial charge in [0.1, 0.15) is 5.56 Å². The highest BCUT2D eigenvalue weighted by Gasteiger charge is 2.29. The number of rotatable bonds is 8. The second-order valence-electron chi connectivity index (χ2n) is 7.41. The number of carbonyl (C=O) groups is 1. The molecule has 1 amide bonds. The van der Waals surface area contributed by atoms with E-state index in [1.54, 1.807) is 36.5 Å². The number of pyridine rings is 1. The van der Waals surface area contributed by atoms with Crippen LogP contribution in [0.3, 0.4) is 0 Å². The minimum atomic E-state index is -3.66. The van der Waals surface area contributed by atoms with E-state index in [-0.39, 0.29) is 22.9 Å². The average molecular weight is 463 g/mol. The number of thiazole rings is 1. The zero-order valence-corrected chi connectivity index (χ0v) is 19.8. The second-order valence-corrected chi connectivity index (χ2v) is 10.3. The van der Waals surface area contributed by atoms with Crippen LogP contribution < -0.4 is 10.1 Å². The van der Waals surface area contributed by atoms with Gasteiger partial charge in [-0.3, -0.25) is 10.1 Å². The summed E-state index contributed by atoms with van der Waals surface area (Å²) in [4.78, 5) is 21.4. The van der Waals surface area contributed by atoms with E-state index in [1.165, 1.54) is 15.6 Å². The van der Waals surface area contributed by atoms with E-state index >= 15 is 0 Å². The first-order valence-corrected chi connectivity index (χ1v) is 12.2. The molecule has 0 fully saturated rings. The maximum atomic E-state index is 13.1. The summed E-state index contributed by atoms with van der Waals surface area (Å²) in [6, 6.07) is 7.75. The van der Waals surface area contributed by atoms with E-state index in [0.29, 0.717) is 27.5 Å². The molecule has 3 rings (SSSR count). The van der Waals surface area contributed by atoms with Crippen molar-refractivity contribution in [1.82, 2.24) is 14.3 Å². The fourth-order valence-electron chi connectivity index (χ4n) is 3.37. The predicted molar refractivity (Wildman–Crippen MR) is 122 cm³/mol. The van der Waals surface area contributed by atoms with Crippen LogP contribution in [0.1, 0.15) is 45.0 Å². The third-order valence-electron chi connectivity index (χ3n) is 4.47. The van der Waals surface area contributed by atoms with Gasteiger partial charge in [0.15, 0.2) is 5.13 Å². The summed E-state index contributed by atoms with van der Waals surface area (Å²) in [5, 5.41) is 3.12. The topological polar surface area (TPSA) is 101 Å². The number of hydrogen-bond donors (Lipinski definition) is 1. The van der Waals surface area contributed by atoms with Crippen molar-refractivity contribution in [2.24, 2.45) is 0 Å². The van der Waals surface area contributed by atoms with E-state index in [1.807, 2.05) is 34.6 Å². The molecule has 0 spiro atoms. The third kappa shape index (κ3) is 4.86. The van der Waals surface area contributed by atoms with Crippen LogP contribution in [0.2, 0.25) is 0 Å². The van der Waals surface area contributed by atoms with Crippen molar-refractivity contribution < 1.29 is 17.9 Å². The van der Waals surface area contributed by atoms with E-state index in [0.717, 1.165) is 0 Å². The number of nitrogens with one attached hydrogen (secondary N) is 1. The van der Waals surface area contributed by atoms with E-state index in [9.17, 15) is 13.2 Å². The number of nitrogens with zero attached hydrogens (tertiary/aromatic N) is 3. The Balaban J connectivity index is 1.91. The molecule has 0 bridgehead atoms. The predicted octanol–water partition coefficient (Wildman–Crippen LogP) is 4.15. The Bertz CT molecular complexity index is 1180. The van der Waals surface area contributed by atoms with Crippen LogP contribution in [0.4, 0.5) is 5.13 Å². The fourth-order valence-corrected chi connectivity index (χ4v) is 6.21. The zero-order chi connectivity index (χ0) is 22.8. The number of aromatic nitrogens is 2. The van der Waals surface area contributed by atoms with Crippen molar-refractivity contribution in [2.45, 2.75) is 51.6 Å². The first-order valence-electron chi connectivity index (χ1n) is 9.98. The number of ether oxygens (including phenoxy) is 1. The van der Waals surface area contributed by atoms with Gasteiger partial charge < -0.3 is 4.74 Å². The van der Waals surface area contributed by atoms with Crippen molar-refractivity contribution in [3.8, 4) is 5.88 Å². The molecule has 0 radical (unpaired) electrons. The van der Waals surface area contributed by atoms with Crippen LogP contribution in [0.15, 0.2) is 41.4 Å². The standard InChI is InChI=1S/C21H26N4O4S2/c1-6-29-20-16(8-7-11-22-20)19(26)24-21-23-17-10-9-15(12-18(17)30-21)31(27,28)25(13(2)3)14(4)5/h7-14H,6H2,1-5H3,(H,23,24,26). The normalized spacial score (nSPS) is 12.1. The van der Waals surface area contributed by atoms with Gasteiger partial charge in [0, 0.05) is 18.3 Å². The summed E-state index contributed by atoms with van der Waals surface area (Å²) < 4.78 is 33.9. The lowest BCUT2D eigenvalue weighted by molar-refractivity contribution is 0.102. The first kappa shape index (κ1) is 23.1. The van der Waals surface area contributed by atoms with Gasteiger partial charge in [-0.1, -0.05) is 11.3 Å². The van der Waals surface area contributed by atoms with Gasteiger partial charge in [-0.15, -0.1) is 0 Å². The molecule has 0 unspecified atom stereocenters. The molecule has 0 aliphatic carbocycles. The van der Waals surface area contributed by atoms with Gasteiger partial charge in [0.05, 0.1) is 21.7 Å². The van der Waals surface area contributed by atoms with Crippen LogP contribution >= 0.6 is 11.3 Å². The monoisotopic (exact) mass is 462 g/mol. The minimum Gasteiger partial charge on any atom is -0.477 e. The Labute approximate surface area is 186 Å². The Kier molecular flexibility index (Phi) is 6.93. The highest BCUT2D eigenvalue weighted by atomic mass is 32.2. The number of benzene rings is 1. The molecule has 1 N–H and O–H groups in total. The summed E-state index contributed by atoms with van der Waals surface area (Å²) in [5.41, 5.74) is 0.910. The van der Waals surface area contributed by atoms with E-state index < -0.39 is 15.9 Å². The maximum absolute atomic E-state index is 13.1. The van der Waals surface area contributed by atoms with Crippen molar-refractivity contribution in [3.63, 3.8) is 0 Å². The molecule has 2 aromatic heterocycles. The number of carbonyl (C=O) groups excluding carboxylic acids is 1. The lowest BCUT2D eigenvalue weighted by Crippen LogP contribution is -2.41. The third-order valence-corrected chi connectivity index (χ3v) is 7.65. The Morgan fingerprint density at radius 3 is 2.55 bits per heavy atom.